The zero-order chi connectivity index (χ0) is 25.5. The summed E-state index contributed by atoms with van der Waals surface area (Å²) in [6.45, 7) is 10.2. The maximum absolute atomic E-state index is 13.9. The molecule has 3 amide bonds. The molecule has 4 rings (SSSR count). The number of aromatic nitrogens is 1. The molecular weight excluding hydrogens is 448 g/mol. The van der Waals surface area contributed by atoms with Gasteiger partial charge in [-0.1, -0.05) is 55.0 Å². The van der Waals surface area contributed by atoms with Crippen molar-refractivity contribution < 1.29 is 9.59 Å². The fraction of sp³-hybridized carbons (Fsp3) is 0.500. The van der Waals surface area contributed by atoms with Gasteiger partial charge in [-0.05, 0) is 69.1 Å². The molecule has 2 aromatic rings. The van der Waals surface area contributed by atoms with Crippen LogP contribution in [0.5, 0.6) is 0 Å². The summed E-state index contributed by atoms with van der Waals surface area (Å²) in [5.41, 5.74) is 2.69. The molecule has 1 aromatic carbocycles. The van der Waals surface area contributed by atoms with Gasteiger partial charge in [0.1, 0.15) is 5.54 Å². The zero-order valence-electron chi connectivity index (χ0n) is 22.0. The zero-order valence-corrected chi connectivity index (χ0v) is 22.0. The van der Waals surface area contributed by atoms with Crippen molar-refractivity contribution in [1.29, 1.82) is 0 Å². The van der Waals surface area contributed by atoms with E-state index in [1.54, 1.807) is 12.4 Å². The van der Waals surface area contributed by atoms with Crippen LogP contribution in [-0.4, -0.2) is 63.3 Å². The number of hydrogen-bond acceptors (Lipinski definition) is 4. The molecule has 2 fully saturated rings. The Bertz CT molecular complexity index is 1040. The van der Waals surface area contributed by atoms with Crippen molar-refractivity contribution in [1.82, 2.24) is 19.7 Å². The van der Waals surface area contributed by atoms with Gasteiger partial charge < -0.3 is 9.80 Å². The first kappa shape index (κ1) is 26.1. The first-order valence-corrected chi connectivity index (χ1v) is 13.3. The average molecular weight is 489 g/mol. The van der Waals surface area contributed by atoms with Crippen LogP contribution in [0.15, 0.2) is 66.5 Å². The van der Waals surface area contributed by atoms with Crippen LogP contribution in [0.4, 0.5) is 4.79 Å². The van der Waals surface area contributed by atoms with Crippen molar-refractivity contribution in [2.75, 3.05) is 26.2 Å². The summed E-state index contributed by atoms with van der Waals surface area (Å²) in [6.07, 6.45) is 10.2. The van der Waals surface area contributed by atoms with Gasteiger partial charge in [0.05, 0.1) is 6.54 Å². The Morgan fingerprint density at radius 1 is 1.06 bits per heavy atom. The summed E-state index contributed by atoms with van der Waals surface area (Å²) >= 11 is 0. The quantitative estimate of drug-likeness (QED) is 0.336. The first-order chi connectivity index (χ1) is 17.4. The van der Waals surface area contributed by atoms with Crippen LogP contribution in [0.3, 0.4) is 0 Å². The predicted molar refractivity (Wildman–Crippen MR) is 143 cm³/mol. The van der Waals surface area contributed by atoms with Gasteiger partial charge in [0, 0.05) is 38.6 Å². The van der Waals surface area contributed by atoms with Crippen molar-refractivity contribution in [3.8, 4) is 0 Å². The second kappa shape index (κ2) is 11.8. The van der Waals surface area contributed by atoms with E-state index in [-0.39, 0.29) is 18.5 Å². The minimum Gasteiger partial charge on any atom is -0.309 e. The summed E-state index contributed by atoms with van der Waals surface area (Å²) in [5.74, 6) is 0.562. The molecule has 0 N–H and O–H groups in total. The standard InChI is InChI=1S/C30H40N4O2/c1-24(2)9-7-10-25(3)22-32-19-15-30(16-20-32)28(35)33(23-27-13-8-17-31-21-27)29(36)34(30)18-14-26-11-5-4-6-12-26/h4-6,8-9,11-13,17,21,25H,7,10,14-16,18-20,22-23H2,1-3H3/t25-/m1/s1. The fourth-order valence-electron chi connectivity index (χ4n) is 5.57. The molecule has 2 aliphatic heterocycles. The molecule has 0 saturated carbocycles. The van der Waals surface area contributed by atoms with Gasteiger partial charge in [0.2, 0.25) is 0 Å². The molecule has 0 radical (unpaired) electrons. The smallest absolute Gasteiger partial charge is 0.309 e. The number of hydrogen-bond donors (Lipinski definition) is 0. The normalized spacial score (nSPS) is 18.6. The molecule has 6 nitrogen and oxygen atoms in total. The number of amides is 3. The maximum Gasteiger partial charge on any atom is 0.328 e. The summed E-state index contributed by atoms with van der Waals surface area (Å²) < 4.78 is 0. The third kappa shape index (κ3) is 6.04. The molecule has 2 saturated heterocycles. The number of benzene rings is 1. The van der Waals surface area contributed by atoms with Crippen LogP contribution in [-0.2, 0) is 17.8 Å². The van der Waals surface area contributed by atoms with Crippen molar-refractivity contribution in [2.45, 2.75) is 65.0 Å². The molecule has 6 heteroatoms. The molecule has 36 heavy (non-hydrogen) atoms. The lowest BCUT2D eigenvalue weighted by atomic mass is 9.85. The van der Waals surface area contributed by atoms with Crippen LogP contribution in [0, 0.1) is 5.92 Å². The highest BCUT2D eigenvalue weighted by atomic mass is 16.2. The van der Waals surface area contributed by atoms with Gasteiger partial charge in [-0.15, -0.1) is 0 Å². The molecule has 1 spiro atoms. The lowest BCUT2D eigenvalue weighted by molar-refractivity contribution is -0.136. The van der Waals surface area contributed by atoms with Gasteiger partial charge in [0.15, 0.2) is 0 Å². The van der Waals surface area contributed by atoms with Crippen molar-refractivity contribution >= 4 is 11.9 Å². The number of carbonyl (C=O) groups excluding carboxylic acids is 2. The van der Waals surface area contributed by atoms with Gasteiger partial charge in [-0.25, -0.2) is 4.79 Å². The molecule has 0 aliphatic carbocycles. The van der Waals surface area contributed by atoms with E-state index in [1.807, 2.05) is 35.2 Å². The van der Waals surface area contributed by atoms with E-state index in [2.05, 4.69) is 48.9 Å². The van der Waals surface area contributed by atoms with Gasteiger partial charge in [-0.2, -0.15) is 0 Å². The molecular formula is C30H40N4O2. The molecule has 2 aliphatic rings. The highest BCUT2D eigenvalue weighted by Crippen LogP contribution is 2.38. The number of nitrogens with zero attached hydrogens (tertiary/aromatic N) is 4. The molecule has 3 heterocycles. The Labute approximate surface area is 216 Å². The van der Waals surface area contributed by atoms with Gasteiger partial charge in [0.25, 0.3) is 5.91 Å². The summed E-state index contributed by atoms with van der Waals surface area (Å²) in [7, 11) is 0. The largest absolute Gasteiger partial charge is 0.328 e. The summed E-state index contributed by atoms with van der Waals surface area (Å²) in [4.78, 5) is 37.5. The number of piperidine rings is 1. The van der Waals surface area contributed by atoms with E-state index in [1.165, 1.54) is 22.5 Å². The average Bonchev–Trinajstić information content (AvgIpc) is 3.06. The second-order valence-corrected chi connectivity index (χ2v) is 10.7. The lowest BCUT2D eigenvalue weighted by Gasteiger charge is -2.43. The topological polar surface area (TPSA) is 56.8 Å². The Hall–Kier alpha value is -2.99. The number of likely N-dealkylation sites (tertiary alicyclic amines) is 1. The molecule has 0 bridgehead atoms. The predicted octanol–water partition coefficient (Wildman–Crippen LogP) is 5.31. The van der Waals surface area contributed by atoms with Crippen LogP contribution in [0.25, 0.3) is 0 Å². The Kier molecular flexibility index (Phi) is 8.57. The molecule has 192 valence electrons. The van der Waals surface area contributed by atoms with Crippen molar-refractivity contribution in [3.05, 3.63) is 77.6 Å². The van der Waals surface area contributed by atoms with E-state index < -0.39 is 5.54 Å². The SMILES string of the molecule is CC(C)=CCC[C@@H](C)CN1CCC2(CC1)C(=O)N(Cc1cccnc1)C(=O)N2CCc1ccccc1. The van der Waals surface area contributed by atoms with Crippen molar-refractivity contribution in [2.24, 2.45) is 5.92 Å². The molecule has 1 aromatic heterocycles. The van der Waals surface area contributed by atoms with Gasteiger partial charge in [-0.3, -0.25) is 14.7 Å². The van der Waals surface area contributed by atoms with E-state index >= 15 is 0 Å². The van der Waals surface area contributed by atoms with Crippen LogP contribution < -0.4 is 0 Å². The molecule has 0 unspecified atom stereocenters. The monoisotopic (exact) mass is 488 g/mol. The van der Waals surface area contributed by atoms with Crippen LogP contribution >= 0.6 is 0 Å². The minimum atomic E-state index is -0.740. The third-order valence-electron chi connectivity index (χ3n) is 7.62. The highest BCUT2D eigenvalue weighted by Gasteiger charge is 2.57. The lowest BCUT2D eigenvalue weighted by Crippen LogP contribution is -2.57. The highest BCUT2D eigenvalue weighted by molar-refractivity contribution is 6.07. The Morgan fingerprint density at radius 3 is 2.44 bits per heavy atom. The number of carbonyl (C=O) groups is 2. The summed E-state index contributed by atoms with van der Waals surface area (Å²) in [6, 6.07) is 13.8. The van der Waals surface area contributed by atoms with Gasteiger partial charge >= 0.3 is 6.03 Å². The fourth-order valence-corrected chi connectivity index (χ4v) is 5.57. The number of urea groups is 1. The third-order valence-corrected chi connectivity index (χ3v) is 7.62. The van der Waals surface area contributed by atoms with E-state index in [0.29, 0.717) is 25.3 Å². The van der Waals surface area contributed by atoms with Crippen LogP contribution in [0.2, 0.25) is 0 Å². The Morgan fingerprint density at radius 2 is 1.78 bits per heavy atom. The second-order valence-electron chi connectivity index (χ2n) is 10.7. The van der Waals surface area contributed by atoms with E-state index in [4.69, 9.17) is 0 Å². The maximum atomic E-state index is 13.9. The number of imide groups is 1. The van der Waals surface area contributed by atoms with Crippen molar-refractivity contribution in [3.63, 3.8) is 0 Å². The summed E-state index contributed by atoms with van der Waals surface area (Å²) in [5, 5.41) is 0. The molecule has 1 atom stereocenters. The van der Waals surface area contributed by atoms with Crippen LogP contribution in [0.1, 0.15) is 57.6 Å². The van der Waals surface area contributed by atoms with E-state index in [9.17, 15) is 9.59 Å². The number of rotatable bonds is 10. The Balaban J connectivity index is 1.46. The number of allylic oxidation sites excluding steroid dienone is 2. The number of pyridine rings is 1. The van der Waals surface area contributed by atoms with E-state index in [0.717, 1.165) is 38.0 Å². The first-order valence-electron chi connectivity index (χ1n) is 13.3. The minimum absolute atomic E-state index is 0.0410.